The number of carbonyl (C=O) groups is 1. The van der Waals surface area contributed by atoms with Gasteiger partial charge in [0.1, 0.15) is 5.75 Å². The lowest BCUT2D eigenvalue weighted by Crippen LogP contribution is -2.24. The van der Waals surface area contributed by atoms with Gasteiger partial charge in [0.15, 0.2) is 5.82 Å². The lowest BCUT2D eigenvalue weighted by molar-refractivity contribution is -0.117. The van der Waals surface area contributed by atoms with Crippen LogP contribution in [-0.4, -0.2) is 29.2 Å². The fraction of sp³-hybridized carbons (Fsp3) is 0.423. The molecule has 1 saturated heterocycles. The minimum Gasteiger partial charge on any atom is -0.494 e. The number of amides is 1. The van der Waals surface area contributed by atoms with E-state index in [-0.39, 0.29) is 11.8 Å². The maximum atomic E-state index is 12.7. The van der Waals surface area contributed by atoms with E-state index in [1.54, 1.807) is 0 Å². The molecule has 1 aliphatic rings. The fourth-order valence-electron chi connectivity index (χ4n) is 3.90. The van der Waals surface area contributed by atoms with Crippen LogP contribution in [0.2, 0.25) is 0 Å². The number of nitrogens with zero attached hydrogens (tertiary/aromatic N) is 3. The zero-order valence-corrected chi connectivity index (χ0v) is 18.9. The first-order valence-electron chi connectivity index (χ1n) is 11.6. The highest BCUT2D eigenvalue weighted by molar-refractivity contribution is 5.96. The predicted molar refractivity (Wildman–Crippen MR) is 125 cm³/mol. The number of hydrogen-bond donors (Lipinski definition) is 0. The molecule has 6 nitrogen and oxygen atoms in total. The van der Waals surface area contributed by atoms with Crippen LogP contribution < -0.4 is 9.64 Å². The number of unbranched alkanes of at least 4 members (excludes halogenated alkanes) is 2. The third-order valence-electron chi connectivity index (χ3n) is 5.87. The molecule has 1 fully saturated rings. The van der Waals surface area contributed by atoms with Crippen LogP contribution in [0.5, 0.6) is 5.75 Å². The van der Waals surface area contributed by atoms with Crippen molar-refractivity contribution in [1.29, 1.82) is 0 Å². The Balaban J connectivity index is 1.39. The van der Waals surface area contributed by atoms with Crippen molar-refractivity contribution in [2.24, 2.45) is 0 Å². The molecule has 0 aliphatic carbocycles. The second kappa shape index (κ2) is 10.4. The minimum atomic E-state index is -0.0728. The van der Waals surface area contributed by atoms with E-state index in [1.807, 2.05) is 41.3 Å². The van der Waals surface area contributed by atoms with Crippen molar-refractivity contribution in [2.45, 2.75) is 58.3 Å². The molecule has 1 aromatic heterocycles. The first-order valence-corrected chi connectivity index (χ1v) is 11.6. The molecule has 168 valence electrons. The summed E-state index contributed by atoms with van der Waals surface area (Å²) < 4.78 is 11.2. The van der Waals surface area contributed by atoms with Gasteiger partial charge in [-0.3, -0.25) is 4.79 Å². The van der Waals surface area contributed by atoms with Gasteiger partial charge in [0.05, 0.1) is 6.61 Å². The van der Waals surface area contributed by atoms with E-state index in [2.05, 4.69) is 36.1 Å². The Morgan fingerprint density at radius 2 is 1.78 bits per heavy atom. The first kappa shape index (κ1) is 22.1. The smallest absolute Gasteiger partial charge is 0.257 e. The maximum Gasteiger partial charge on any atom is 0.257 e. The van der Waals surface area contributed by atoms with E-state index in [0.717, 1.165) is 36.3 Å². The second-order valence-corrected chi connectivity index (χ2v) is 8.36. The van der Waals surface area contributed by atoms with Crippen molar-refractivity contribution in [2.75, 3.05) is 18.1 Å². The van der Waals surface area contributed by atoms with Gasteiger partial charge in [-0.05, 0) is 61.2 Å². The van der Waals surface area contributed by atoms with Crippen molar-refractivity contribution >= 4 is 11.6 Å². The second-order valence-electron chi connectivity index (χ2n) is 8.36. The van der Waals surface area contributed by atoms with Crippen LogP contribution in [0.25, 0.3) is 11.5 Å². The zero-order valence-electron chi connectivity index (χ0n) is 18.9. The number of carbonyl (C=O) groups excluding carboxylic acids is 1. The topological polar surface area (TPSA) is 68.5 Å². The Morgan fingerprint density at radius 1 is 1.03 bits per heavy atom. The summed E-state index contributed by atoms with van der Waals surface area (Å²) in [4.78, 5) is 19.1. The number of rotatable bonds is 10. The van der Waals surface area contributed by atoms with Gasteiger partial charge in [-0.25, -0.2) is 0 Å². The number of anilines is 1. The van der Waals surface area contributed by atoms with Gasteiger partial charge in [0, 0.05) is 30.1 Å². The summed E-state index contributed by atoms with van der Waals surface area (Å²) in [5.41, 5.74) is 3.08. The van der Waals surface area contributed by atoms with Crippen LogP contribution in [-0.2, 0) is 11.2 Å². The highest BCUT2D eigenvalue weighted by Gasteiger charge is 2.34. The molecule has 2 aromatic carbocycles. The van der Waals surface area contributed by atoms with E-state index in [4.69, 9.17) is 9.26 Å². The van der Waals surface area contributed by atoms with Gasteiger partial charge in [-0.2, -0.15) is 4.98 Å². The van der Waals surface area contributed by atoms with E-state index in [1.165, 1.54) is 18.4 Å². The normalized spacial score (nSPS) is 16.0. The summed E-state index contributed by atoms with van der Waals surface area (Å²) in [7, 11) is 0. The molecule has 6 heteroatoms. The van der Waals surface area contributed by atoms with Crippen molar-refractivity contribution in [1.82, 2.24) is 10.1 Å². The van der Waals surface area contributed by atoms with Crippen molar-refractivity contribution in [3.8, 4) is 17.2 Å². The van der Waals surface area contributed by atoms with E-state index in [0.29, 0.717) is 31.3 Å². The summed E-state index contributed by atoms with van der Waals surface area (Å²) in [6.07, 6.45) is 5.96. The zero-order chi connectivity index (χ0) is 22.3. The highest BCUT2D eigenvalue weighted by Crippen LogP contribution is 2.32. The fourth-order valence-corrected chi connectivity index (χ4v) is 3.90. The maximum absolute atomic E-state index is 12.7. The number of hydrogen-bond acceptors (Lipinski definition) is 5. The van der Waals surface area contributed by atoms with Crippen molar-refractivity contribution < 1.29 is 14.1 Å². The van der Waals surface area contributed by atoms with Gasteiger partial charge in [0.2, 0.25) is 5.91 Å². The summed E-state index contributed by atoms with van der Waals surface area (Å²) in [5.74, 6) is 1.90. The number of aryl methyl sites for hydroxylation is 1. The average molecular weight is 434 g/mol. The van der Waals surface area contributed by atoms with Crippen LogP contribution in [0, 0.1) is 0 Å². The van der Waals surface area contributed by atoms with E-state index >= 15 is 0 Å². The molecule has 3 aromatic rings. The Bertz CT molecular complexity index is 1010. The first-order chi connectivity index (χ1) is 15.7. The Kier molecular flexibility index (Phi) is 7.20. The molecule has 0 spiro atoms. The molecular formula is C26H31N3O3. The molecular weight excluding hydrogens is 402 g/mol. The molecule has 1 amide bonds. The van der Waals surface area contributed by atoms with Crippen molar-refractivity contribution in [3.05, 3.63) is 59.9 Å². The Labute approximate surface area is 189 Å². The number of ether oxygens (including phenoxy) is 1. The van der Waals surface area contributed by atoms with Gasteiger partial charge < -0.3 is 14.2 Å². The van der Waals surface area contributed by atoms with E-state index < -0.39 is 0 Å². The lowest BCUT2D eigenvalue weighted by Gasteiger charge is -2.16. The van der Waals surface area contributed by atoms with Crippen LogP contribution in [0.3, 0.4) is 0 Å². The molecule has 1 atom stereocenters. The molecule has 32 heavy (non-hydrogen) atoms. The van der Waals surface area contributed by atoms with Gasteiger partial charge in [-0.15, -0.1) is 0 Å². The Morgan fingerprint density at radius 3 is 2.50 bits per heavy atom. The molecule has 1 unspecified atom stereocenters. The summed E-state index contributed by atoms with van der Waals surface area (Å²) >= 11 is 0. The average Bonchev–Trinajstić information content (AvgIpc) is 3.46. The summed E-state index contributed by atoms with van der Waals surface area (Å²) in [6.45, 7) is 5.62. The third kappa shape index (κ3) is 5.18. The standard InChI is InChI=1S/C26H31N3O3/c1-3-5-7-19-8-12-22(13-9-19)29-18-21(17-24(29)30)25-27-26(32-28-25)20-10-14-23(15-11-20)31-16-6-4-2/h8-15,21H,3-7,16-18H2,1-2H3. The molecule has 0 bridgehead atoms. The molecule has 2 heterocycles. The predicted octanol–water partition coefficient (Wildman–Crippen LogP) is 5.78. The highest BCUT2D eigenvalue weighted by atomic mass is 16.5. The van der Waals surface area contributed by atoms with Gasteiger partial charge in [-0.1, -0.05) is 44.0 Å². The van der Waals surface area contributed by atoms with Gasteiger partial charge in [0.25, 0.3) is 5.89 Å². The van der Waals surface area contributed by atoms with Crippen LogP contribution in [0.1, 0.15) is 63.3 Å². The third-order valence-corrected chi connectivity index (χ3v) is 5.87. The largest absolute Gasteiger partial charge is 0.494 e. The van der Waals surface area contributed by atoms with Crippen LogP contribution in [0.15, 0.2) is 53.1 Å². The van der Waals surface area contributed by atoms with Crippen LogP contribution in [0.4, 0.5) is 5.69 Å². The summed E-state index contributed by atoms with van der Waals surface area (Å²) in [6, 6.07) is 16.0. The minimum absolute atomic E-state index is 0.0728. The number of aromatic nitrogens is 2. The molecule has 1 aliphatic heterocycles. The molecule has 0 N–H and O–H groups in total. The van der Waals surface area contributed by atoms with Gasteiger partial charge >= 0.3 is 0 Å². The number of benzene rings is 2. The monoisotopic (exact) mass is 433 g/mol. The van der Waals surface area contributed by atoms with Crippen molar-refractivity contribution in [3.63, 3.8) is 0 Å². The Hall–Kier alpha value is -3.15. The summed E-state index contributed by atoms with van der Waals surface area (Å²) in [5, 5.41) is 4.17. The SMILES string of the molecule is CCCCOc1ccc(-c2nc(C3CC(=O)N(c4ccc(CCCC)cc4)C3)no2)cc1. The molecule has 0 saturated carbocycles. The van der Waals surface area contributed by atoms with E-state index in [9.17, 15) is 4.79 Å². The molecule has 0 radical (unpaired) electrons. The quantitative estimate of drug-likeness (QED) is 0.379. The lowest BCUT2D eigenvalue weighted by atomic mass is 10.1. The van der Waals surface area contributed by atoms with Crippen LogP contribution >= 0.6 is 0 Å². The molecule has 4 rings (SSSR count).